The van der Waals surface area contributed by atoms with Crippen LogP contribution in [0.3, 0.4) is 0 Å². The summed E-state index contributed by atoms with van der Waals surface area (Å²) in [5, 5.41) is 11.7. The Labute approximate surface area is 96.5 Å². The van der Waals surface area contributed by atoms with Crippen LogP contribution < -0.4 is 5.56 Å². The molecule has 2 aromatic rings. The first-order valence-electron chi connectivity index (χ1n) is 4.96. The Bertz CT molecular complexity index is 640. The summed E-state index contributed by atoms with van der Waals surface area (Å²) in [7, 11) is 1.58. The van der Waals surface area contributed by atoms with E-state index in [-0.39, 0.29) is 11.1 Å². The van der Waals surface area contributed by atoms with Crippen molar-refractivity contribution >= 4 is 5.97 Å². The largest absolute Gasteiger partial charge is 0.478 e. The van der Waals surface area contributed by atoms with Crippen LogP contribution in [0.15, 0.2) is 23.1 Å². The van der Waals surface area contributed by atoms with Crippen molar-refractivity contribution in [2.45, 2.75) is 6.92 Å². The number of aromatic nitrogens is 3. The molecule has 2 rings (SSSR count). The highest BCUT2D eigenvalue weighted by Gasteiger charge is 2.12. The molecule has 0 saturated heterocycles. The second kappa shape index (κ2) is 3.89. The molecule has 88 valence electrons. The number of aryl methyl sites for hydroxylation is 2. The van der Waals surface area contributed by atoms with Crippen LogP contribution in [0, 0.1) is 6.92 Å². The number of rotatable bonds is 2. The van der Waals surface area contributed by atoms with Gasteiger partial charge in [-0.15, -0.1) is 0 Å². The molecular weight excluding hydrogens is 222 g/mol. The minimum absolute atomic E-state index is 0.121. The summed E-state index contributed by atoms with van der Waals surface area (Å²) >= 11 is 0. The van der Waals surface area contributed by atoms with Crippen molar-refractivity contribution in [2.75, 3.05) is 0 Å². The number of carboxylic acids is 1. The quantitative estimate of drug-likeness (QED) is 0.802. The van der Waals surface area contributed by atoms with Crippen LogP contribution in [0.1, 0.15) is 16.1 Å². The standard InChI is InChI=1S/C11H11N3O3/c1-6-3-7(11(16)17)4-9(13-6)8-5-12-14(2)10(8)15/h3-5,12H,1-2H3,(H,16,17). The van der Waals surface area contributed by atoms with Crippen molar-refractivity contribution in [3.05, 3.63) is 39.9 Å². The Morgan fingerprint density at radius 2 is 2.18 bits per heavy atom. The normalized spacial score (nSPS) is 10.5. The fourth-order valence-corrected chi connectivity index (χ4v) is 1.58. The van der Waals surface area contributed by atoms with E-state index in [4.69, 9.17) is 5.11 Å². The molecule has 2 aromatic heterocycles. The summed E-state index contributed by atoms with van der Waals surface area (Å²) in [6.45, 7) is 1.69. The van der Waals surface area contributed by atoms with Crippen LogP contribution >= 0.6 is 0 Å². The Balaban J connectivity index is 2.64. The van der Waals surface area contributed by atoms with Gasteiger partial charge in [0.2, 0.25) is 0 Å². The lowest BCUT2D eigenvalue weighted by molar-refractivity contribution is 0.0696. The zero-order valence-electron chi connectivity index (χ0n) is 9.39. The first-order chi connectivity index (χ1) is 7.99. The molecule has 2 heterocycles. The van der Waals surface area contributed by atoms with E-state index in [9.17, 15) is 9.59 Å². The number of aromatic amines is 1. The predicted octanol–water partition coefficient (Wildman–Crippen LogP) is 0.782. The molecule has 0 aromatic carbocycles. The van der Waals surface area contributed by atoms with Gasteiger partial charge in [-0.25, -0.2) is 4.79 Å². The predicted molar refractivity (Wildman–Crippen MR) is 61.0 cm³/mol. The molecule has 0 bridgehead atoms. The number of nitrogens with zero attached hydrogens (tertiary/aromatic N) is 2. The van der Waals surface area contributed by atoms with Crippen LogP contribution in [0.25, 0.3) is 11.3 Å². The molecule has 0 spiro atoms. The average molecular weight is 233 g/mol. The lowest BCUT2D eigenvalue weighted by Gasteiger charge is -2.01. The molecule has 6 heteroatoms. The van der Waals surface area contributed by atoms with Gasteiger partial charge in [0, 0.05) is 18.9 Å². The maximum atomic E-state index is 11.7. The van der Waals surface area contributed by atoms with Gasteiger partial charge >= 0.3 is 5.97 Å². The number of hydrogen-bond donors (Lipinski definition) is 2. The Kier molecular flexibility index (Phi) is 2.55. The highest BCUT2D eigenvalue weighted by atomic mass is 16.4. The lowest BCUT2D eigenvalue weighted by Crippen LogP contribution is -2.14. The first kappa shape index (κ1) is 11.1. The topological polar surface area (TPSA) is 88.0 Å². The molecule has 17 heavy (non-hydrogen) atoms. The molecular formula is C11H11N3O3. The van der Waals surface area contributed by atoms with Crippen LogP contribution in [0.2, 0.25) is 0 Å². The van der Waals surface area contributed by atoms with Gasteiger partial charge in [0.1, 0.15) is 0 Å². The van der Waals surface area contributed by atoms with Gasteiger partial charge in [0.05, 0.1) is 16.8 Å². The molecule has 2 N–H and O–H groups in total. The lowest BCUT2D eigenvalue weighted by atomic mass is 10.1. The number of H-pyrrole nitrogens is 1. The number of aromatic carboxylic acids is 1. The van der Waals surface area contributed by atoms with E-state index in [2.05, 4.69) is 10.1 Å². The number of hydrogen-bond acceptors (Lipinski definition) is 3. The van der Waals surface area contributed by atoms with E-state index >= 15 is 0 Å². The smallest absolute Gasteiger partial charge is 0.335 e. The molecule has 0 aliphatic rings. The number of pyridine rings is 1. The molecule has 0 aliphatic heterocycles. The van der Waals surface area contributed by atoms with E-state index in [0.29, 0.717) is 17.0 Å². The minimum atomic E-state index is -1.04. The van der Waals surface area contributed by atoms with Crippen LogP contribution in [-0.4, -0.2) is 25.8 Å². The van der Waals surface area contributed by atoms with Crippen molar-refractivity contribution in [1.29, 1.82) is 0 Å². The van der Waals surface area contributed by atoms with E-state index in [0.717, 1.165) is 0 Å². The van der Waals surface area contributed by atoms with Crippen molar-refractivity contribution in [3.63, 3.8) is 0 Å². The maximum absolute atomic E-state index is 11.7. The van der Waals surface area contributed by atoms with Crippen molar-refractivity contribution in [3.8, 4) is 11.3 Å². The SMILES string of the molecule is Cc1cc(C(=O)O)cc(-c2c[nH]n(C)c2=O)n1. The van der Waals surface area contributed by atoms with Crippen LogP contribution in [0.5, 0.6) is 0 Å². The van der Waals surface area contributed by atoms with E-state index in [1.807, 2.05) is 0 Å². The molecule has 0 unspecified atom stereocenters. The second-order valence-electron chi connectivity index (χ2n) is 3.74. The highest BCUT2D eigenvalue weighted by molar-refractivity contribution is 5.89. The molecule has 0 amide bonds. The summed E-state index contributed by atoms with van der Waals surface area (Å²) < 4.78 is 1.31. The number of nitrogens with one attached hydrogen (secondary N) is 1. The summed E-state index contributed by atoms with van der Waals surface area (Å²) in [4.78, 5) is 26.8. The third kappa shape index (κ3) is 1.96. The van der Waals surface area contributed by atoms with Crippen molar-refractivity contribution < 1.29 is 9.90 Å². The summed E-state index contributed by atoms with van der Waals surface area (Å²) in [5.74, 6) is -1.04. The van der Waals surface area contributed by atoms with Crippen LogP contribution in [0.4, 0.5) is 0 Å². The molecule has 0 atom stereocenters. The molecule has 0 fully saturated rings. The van der Waals surface area contributed by atoms with E-state index in [1.54, 1.807) is 14.0 Å². The van der Waals surface area contributed by atoms with E-state index < -0.39 is 5.97 Å². The minimum Gasteiger partial charge on any atom is -0.478 e. The summed E-state index contributed by atoms with van der Waals surface area (Å²) in [5.41, 5.74) is 1.17. The van der Waals surface area contributed by atoms with Gasteiger partial charge in [0.15, 0.2) is 0 Å². The third-order valence-corrected chi connectivity index (χ3v) is 2.41. The van der Waals surface area contributed by atoms with Gasteiger partial charge in [-0.05, 0) is 19.1 Å². The molecule has 6 nitrogen and oxygen atoms in total. The van der Waals surface area contributed by atoms with Gasteiger partial charge in [-0.2, -0.15) is 0 Å². The molecule has 0 saturated carbocycles. The van der Waals surface area contributed by atoms with Crippen molar-refractivity contribution in [2.24, 2.45) is 7.05 Å². The fourth-order valence-electron chi connectivity index (χ4n) is 1.58. The Hall–Kier alpha value is -2.37. The van der Waals surface area contributed by atoms with Gasteiger partial charge in [-0.3, -0.25) is 14.5 Å². The van der Waals surface area contributed by atoms with Gasteiger partial charge in [-0.1, -0.05) is 0 Å². The zero-order chi connectivity index (χ0) is 12.6. The Morgan fingerprint density at radius 3 is 2.71 bits per heavy atom. The maximum Gasteiger partial charge on any atom is 0.335 e. The zero-order valence-corrected chi connectivity index (χ0v) is 9.39. The molecule has 0 aliphatic carbocycles. The van der Waals surface area contributed by atoms with E-state index in [1.165, 1.54) is 23.0 Å². The highest BCUT2D eigenvalue weighted by Crippen LogP contribution is 2.15. The van der Waals surface area contributed by atoms with Crippen LogP contribution in [-0.2, 0) is 7.05 Å². The number of carbonyl (C=O) groups is 1. The van der Waals surface area contributed by atoms with Gasteiger partial charge < -0.3 is 10.2 Å². The van der Waals surface area contributed by atoms with Gasteiger partial charge in [0.25, 0.3) is 5.56 Å². The first-order valence-corrected chi connectivity index (χ1v) is 4.96. The summed E-state index contributed by atoms with van der Waals surface area (Å²) in [6, 6.07) is 2.85. The summed E-state index contributed by atoms with van der Waals surface area (Å²) in [6.07, 6.45) is 1.51. The average Bonchev–Trinajstić information content (AvgIpc) is 2.59. The Morgan fingerprint density at radius 1 is 1.47 bits per heavy atom. The molecule has 0 radical (unpaired) electrons. The fraction of sp³-hybridized carbons (Fsp3) is 0.182. The van der Waals surface area contributed by atoms with Crippen molar-refractivity contribution in [1.82, 2.24) is 14.8 Å². The second-order valence-corrected chi connectivity index (χ2v) is 3.74. The number of carboxylic acid groups (broad SMARTS) is 1. The third-order valence-electron chi connectivity index (χ3n) is 2.41. The monoisotopic (exact) mass is 233 g/mol.